The number of hydrogen-bond acceptors (Lipinski definition) is 1. The molecule has 0 saturated heterocycles. The zero-order valence-corrected chi connectivity index (χ0v) is 8.27. The van der Waals surface area contributed by atoms with Gasteiger partial charge in [-0.25, -0.2) is 0 Å². The molecule has 0 N–H and O–H groups in total. The maximum absolute atomic E-state index is 4.59. The van der Waals surface area contributed by atoms with E-state index in [2.05, 4.69) is 37.8 Å². The van der Waals surface area contributed by atoms with E-state index in [-0.39, 0.29) is 0 Å². The van der Waals surface area contributed by atoms with E-state index in [1.54, 1.807) is 0 Å². The predicted octanol–water partition coefficient (Wildman–Crippen LogP) is 3.30. The van der Waals surface area contributed by atoms with Crippen molar-refractivity contribution in [3.05, 3.63) is 34.9 Å². The highest BCUT2D eigenvalue weighted by Crippen LogP contribution is 2.34. The molecule has 0 fully saturated rings. The minimum atomic E-state index is 0.480. The van der Waals surface area contributed by atoms with E-state index in [0.717, 1.165) is 0 Å². The Labute approximate surface area is 79.4 Å². The molecule has 0 spiro atoms. The summed E-state index contributed by atoms with van der Waals surface area (Å²) in [5.41, 5.74) is 4.33. The van der Waals surface area contributed by atoms with Gasteiger partial charge in [-0.15, -0.1) is 0 Å². The van der Waals surface area contributed by atoms with Gasteiger partial charge in [0.2, 0.25) is 0 Å². The first kappa shape index (κ1) is 8.18. The second-order valence-corrected chi connectivity index (χ2v) is 4.23. The highest BCUT2D eigenvalue weighted by atomic mass is 32.1. The lowest BCUT2D eigenvalue weighted by Crippen LogP contribution is -2.05. The third-order valence-electron chi connectivity index (χ3n) is 2.58. The SMILES string of the molecule is Cc1ccc2c(c1)C(S)CCC2. The lowest BCUT2D eigenvalue weighted by Gasteiger charge is -2.21. The molecule has 0 bridgehead atoms. The van der Waals surface area contributed by atoms with E-state index in [9.17, 15) is 0 Å². The Hall–Kier alpha value is -0.430. The standard InChI is InChI=1S/C11H14S/c1-8-5-6-9-3-2-4-11(12)10(9)7-8/h5-7,11-12H,2-4H2,1H3. The van der Waals surface area contributed by atoms with E-state index >= 15 is 0 Å². The molecule has 0 aromatic heterocycles. The van der Waals surface area contributed by atoms with E-state index in [1.165, 1.54) is 36.0 Å². The van der Waals surface area contributed by atoms with Crippen molar-refractivity contribution < 1.29 is 0 Å². The molecule has 0 nitrogen and oxygen atoms in total. The summed E-state index contributed by atoms with van der Waals surface area (Å²) in [7, 11) is 0. The minimum absolute atomic E-state index is 0.480. The topological polar surface area (TPSA) is 0 Å². The molecule has 1 heteroatoms. The normalized spacial score (nSPS) is 22.0. The average Bonchev–Trinajstić information content (AvgIpc) is 2.07. The monoisotopic (exact) mass is 178 g/mol. The number of benzene rings is 1. The van der Waals surface area contributed by atoms with Gasteiger partial charge in [-0.2, -0.15) is 12.6 Å². The number of hydrogen-bond donors (Lipinski definition) is 1. The first-order valence-corrected chi connectivity index (χ1v) is 5.06. The molecule has 0 radical (unpaired) electrons. The fourth-order valence-electron chi connectivity index (χ4n) is 1.89. The fourth-order valence-corrected chi connectivity index (χ4v) is 2.32. The molecule has 1 atom stereocenters. The summed E-state index contributed by atoms with van der Waals surface area (Å²) >= 11 is 4.59. The molecule has 0 heterocycles. The Morgan fingerprint density at radius 1 is 1.42 bits per heavy atom. The minimum Gasteiger partial charge on any atom is -0.171 e. The van der Waals surface area contributed by atoms with Gasteiger partial charge in [0.25, 0.3) is 0 Å². The quantitative estimate of drug-likeness (QED) is 0.579. The van der Waals surface area contributed by atoms with Crippen molar-refractivity contribution in [1.82, 2.24) is 0 Å². The van der Waals surface area contributed by atoms with Gasteiger partial charge < -0.3 is 0 Å². The van der Waals surface area contributed by atoms with Crippen molar-refractivity contribution in [3.63, 3.8) is 0 Å². The van der Waals surface area contributed by atoms with Crippen LogP contribution in [-0.4, -0.2) is 0 Å². The Morgan fingerprint density at radius 2 is 2.25 bits per heavy atom. The molecule has 1 aliphatic rings. The molecule has 1 aromatic carbocycles. The van der Waals surface area contributed by atoms with Crippen LogP contribution in [0.15, 0.2) is 18.2 Å². The van der Waals surface area contributed by atoms with Gasteiger partial charge in [0.15, 0.2) is 0 Å². The van der Waals surface area contributed by atoms with Gasteiger partial charge in [0, 0.05) is 5.25 Å². The smallest absolute Gasteiger partial charge is 0.0270 e. The molecule has 2 rings (SSSR count). The van der Waals surface area contributed by atoms with Crippen LogP contribution in [-0.2, 0) is 6.42 Å². The Balaban J connectivity index is 2.47. The van der Waals surface area contributed by atoms with Gasteiger partial charge in [-0.3, -0.25) is 0 Å². The van der Waals surface area contributed by atoms with Crippen LogP contribution < -0.4 is 0 Å². The van der Waals surface area contributed by atoms with Crippen molar-refractivity contribution in [3.8, 4) is 0 Å². The van der Waals surface area contributed by atoms with Crippen molar-refractivity contribution in [2.24, 2.45) is 0 Å². The third kappa shape index (κ3) is 1.38. The molecule has 0 saturated carbocycles. The number of rotatable bonds is 0. The number of aryl methyl sites for hydroxylation is 2. The maximum atomic E-state index is 4.59. The van der Waals surface area contributed by atoms with Gasteiger partial charge in [-0.05, 0) is 37.3 Å². The first-order valence-electron chi connectivity index (χ1n) is 4.55. The molecule has 1 unspecified atom stereocenters. The van der Waals surface area contributed by atoms with Crippen LogP contribution in [0.4, 0.5) is 0 Å². The van der Waals surface area contributed by atoms with Crippen LogP contribution in [0.1, 0.15) is 34.8 Å². The van der Waals surface area contributed by atoms with Crippen molar-refractivity contribution in [1.29, 1.82) is 0 Å². The van der Waals surface area contributed by atoms with Gasteiger partial charge in [0.05, 0.1) is 0 Å². The molecule has 12 heavy (non-hydrogen) atoms. The van der Waals surface area contributed by atoms with Gasteiger partial charge in [-0.1, -0.05) is 23.8 Å². The van der Waals surface area contributed by atoms with Crippen molar-refractivity contribution in [2.45, 2.75) is 31.4 Å². The highest BCUT2D eigenvalue weighted by molar-refractivity contribution is 7.80. The summed E-state index contributed by atoms with van der Waals surface area (Å²) in [5, 5.41) is 0.480. The molecule has 64 valence electrons. The Kier molecular flexibility index (Phi) is 2.14. The first-order chi connectivity index (χ1) is 5.77. The number of thiol groups is 1. The van der Waals surface area contributed by atoms with Gasteiger partial charge in [0.1, 0.15) is 0 Å². The van der Waals surface area contributed by atoms with E-state index < -0.39 is 0 Å². The lowest BCUT2D eigenvalue weighted by atomic mass is 9.90. The zero-order chi connectivity index (χ0) is 8.55. The molecule has 0 amide bonds. The summed E-state index contributed by atoms with van der Waals surface area (Å²) < 4.78 is 0. The van der Waals surface area contributed by atoms with Crippen molar-refractivity contribution in [2.75, 3.05) is 0 Å². The Morgan fingerprint density at radius 3 is 3.08 bits per heavy atom. The fraction of sp³-hybridized carbons (Fsp3) is 0.455. The molecule has 0 aliphatic heterocycles. The van der Waals surface area contributed by atoms with E-state index in [4.69, 9.17) is 0 Å². The Bertz CT molecular complexity index is 291. The lowest BCUT2D eigenvalue weighted by molar-refractivity contribution is 0.676. The van der Waals surface area contributed by atoms with Gasteiger partial charge >= 0.3 is 0 Å². The summed E-state index contributed by atoms with van der Waals surface area (Å²) in [6.07, 6.45) is 3.77. The summed E-state index contributed by atoms with van der Waals surface area (Å²) in [4.78, 5) is 0. The van der Waals surface area contributed by atoms with Crippen LogP contribution >= 0.6 is 12.6 Å². The average molecular weight is 178 g/mol. The highest BCUT2D eigenvalue weighted by Gasteiger charge is 2.16. The third-order valence-corrected chi connectivity index (χ3v) is 3.12. The predicted molar refractivity (Wildman–Crippen MR) is 55.8 cm³/mol. The molecule has 1 aromatic rings. The van der Waals surface area contributed by atoms with Crippen LogP contribution in [0.2, 0.25) is 0 Å². The zero-order valence-electron chi connectivity index (χ0n) is 7.38. The second-order valence-electron chi connectivity index (χ2n) is 3.61. The van der Waals surface area contributed by atoms with Crippen LogP contribution in [0, 0.1) is 6.92 Å². The summed E-state index contributed by atoms with van der Waals surface area (Å²) in [5.74, 6) is 0. The van der Waals surface area contributed by atoms with E-state index in [1.807, 2.05) is 0 Å². The number of fused-ring (bicyclic) bond motifs is 1. The van der Waals surface area contributed by atoms with Crippen LogP contribution in [0.3, 0.4) is 0 Å². The second kappa shape index (κ2) is 3.14. The largest absolute Gasteiger partial charge is 0.171 e. The summed E-state index contributed by atoms with van der Waals surface area (Å²) in [6.45, 7) is 2.15. The molecular weight excluding hydrogens is 164 g/mol. The summed E-state index contributed by atoms with van der Waals surface area (Å²) in [6, 6.07) is 6.74. The van der Waals surface area contributed by atoms with E-state index in [0.29, 0.717) is 5.25 Å². The molecule has 1 aliphatic carbocycles. The maximum Gasteiger partial charge on any atom is 0.0270 e. The molecular formula is C11H14S. The van der Waals surface area contributed by atoms with Crippen molar-refractivity contribution >= 4 is 12.6 Å². The van der Waals surface area contributed by atoms with Crippen LogP contribution in [0.25, 0.3) is 0 Å². The van der Waals surface area contributed by atoms with Crippen LogP contribution in [0.5, 0.6) is 0 Å².